The summed E-state index contributed by atoms with van der Waals surface area (Å²) in [6.45, 7) is 11.4. The van der Waals surface area contributed by atoms with Crippen molar-refractivity contribution in [1.29, 1.82) is 0 Å². The van der Waals surface area contributed by atoms with E-state index >= 15 is 0 Å². The van der Waals surface area contributed by atoms with Gasteiger partial charge in [-0.15, -0.1) is 11.8 Å². The van der Waals surface area contributed by atoms with Gasteiger partial charge in [0.15, 0.2) is 5.84 Å². The lowest BCUT2D eigenvalue weighted by Crippen LogP contribution is -2.50. The van der Waals surface area contributed by atoms with Gasteiger partial charge in [-0.2, -0.15) is 5.06 Å². The Balaban J connectivity index is 2.61. The quantitative estimate of drug-likeness (QED) is 0.731. The molecule has 0 aromatic heterocycles. The van der Waals surface area contributed by atoms with Gasteiger partial charge in [0.05, 0.1) is 11.1 Å². The van der Waals surface area contributed by atoms with Crippen LogP contribution in [0.1, 0.15) is 58.2 Å². The highest BCUT2D eigenvalue weighted by Crippen LogP contribution is 2.38. The molecule has 3 nitrogen and oxygen atoms in total. The Morgan fingerprint density at radius 2 is 1.45 bits per heavy atom. The number of amidine groups is 1. The largest absolute Gasteiger partial charge is 0.257 e. The molecule has 0 atom stereocenters. The van der Waals surface area contributed by atoms with Crippen molar-refractivity contribution in [1.82, 2.24) is 5.06 Å². The second kappa shape index (κ2) is 5.52. The number of aliphatic imine (C=N–C) groups is 1. The predicted octanol–water partition coefficient (Wildman–Crippen LogP) is 3.39. The van der Waals surface area contributed by atoms with Gasteiger partial charge in [-0.1, -0.05) is 17.0 Å². The van der Waals surface area contributed by atoms with Gasteiger partial charge in [0.25, 0.3) is 0 Å². The Labute approximate surface area is 133 Å². The maximum absolute atomic E-state index is 12.7. The third kappa shape index (κ3) is 2.61. The van der Waals surface area contributed by atoms with Crippen LogP contribution in [0.3, 0.4) is 0 Å². The predicted molar refractivity (Wildman–Crippen MR) is 88.8 cm³/mol. The Morgan fingerprint density at radius 1 is 0.955 bits per heavy atom. The number of hydroxylamine groups is 2. The monoisotopic (exact) mass is 293 g/mol. The van der Waals surface area contributed by atoms with Gasteiger partial charge in [-0.25, -0.2) is 0 Å². The first-order valence-electron chi connectivity index (χ1n) is 7.31. The lowest BCUT2D eigenvalue weighted by molar-refractivity contribution is -0.158. The van der Waals surface area contributed by atoms with Crippen molar-refractivity contribution in [2.24, 2.45) is 4.99 Å². The van der Waals surface area contributed by atoms with E-state index < -0.39 is 11.1 Å². The molecule has 113 valence electrons. The smallest absolute Gasteiger partial charge is 0.159 e. The standard InChI is InChI=1S/C19H21N2O/c1-7-9-14-11-15(10-8-2)13-16(12-14)17-20-18(3,4)19(5,6)21(17)22/h11-13H,1-6H3. The summed E-state index contributed by atoms with van der Waals surface area (Å²) in [4.78, 5) is 4.66. The van der Waals surface area contributed by atoms with Crippen LogP contribution in [0, 0.1) is 23.7 Å². The molecule has 3 heteroatoms. The molecule has 0 spiro atoms. The Morgan fingerprint density at radius 3 is 1.82 bits per heavy atom. The van der Waals surface area contributed by atoms with E-state index in [1.165, 1.54) is 0 Å². The molecule has 0 N–H and O–H groups in total. The molecule has 1 radical (unpaired) electrons. The number of hydrogen-bond acceptors (Lipinski definition) is 2. The van der Waals surface area contributed by atoms with Crippen LogP contribution in [0.25, 0.3) is 0 Å². The maximum Gasteiger partial charge on any atom is 0.159 e. The normalized spacial score (nSPS) is 18.0. The number of benzene rings is 1. The van der Waals surface area contributed by atoms with Crippen molar-refractivity contribution < 1.29 is 5.21 Å². The summed E-state index contributed by atoms with van der Waals surface area (Å²) in [5, 5.41) is 13.7. The molecule has 1 aromatic rings. The van der Waals surface area contributed by atoms with E-state index in [1.54, 1.807) is 13.8 Å². The number of nitrogens with zero attached hydrogens (tertiary/aromatic N) is 2. The van der Waals surface area contributed by atoms with Crippen LogP contribution in [0.5, 0.6) is 0 Å². The SMILES string of the molecule is CC#Cc1cc(C#CC)cc(C2=NC(C)(C)C(C)(C)N2[O])c1. The van der Waals surface area contributed by atoms with Crippen LogP contribution < -0.4 is 0 Å². The van der Waals surface area contributed by atoms with Crippen LogP contribution in [0.4, 0.5) is 0 Å². The van der Waals surface area contributed by atoms with E-state index in [0.29, 0.717) is 5.84 Å². The molecular weight excluding hydrogens is 272 g/mol. The fraction of sp³-hybridized carbons (Fsp3) is 0.421. The summed E-state index contributed by atoms with van der Waals surface area (Å²) in [6, 6.07) is 5.73. The van der Waals surface area contributed by atoms with E-state index in [0.717, 1.165) is 21.8 Å². The molecule has 0 saturated carbocycles. The van der Waals surface area contributed by atoms with Crippen LogP contribution in [0.15, 0.2) is 23.2 Å². The van der Waals surface area contributed by atoms with Gasteiger partial charge in [0.2, 0.25) is 0 Å². The first kappa shape index (κ1) is 16.1. The molecule has 1 aliphatic rings. The second-order valence-corrected chi connectivity index (χ2v) is 6.40. The van der Waals surface area contributed by atoms with Gasteiger partial charge < -0.3 is 0 Å². The molecule has 0 bridgehead atoms. The minimum atomic E-state index is -0.592. The fourth-order valence-corrected chi connectivity index (χ4v) is 2.33. The average Bonchev–Trinajstić information content (AvgIpc) is 2.59. The first-order valence-corrected chi connectivity index (χ1v) is 7.31. The highest BCUT2D eigenvalue weighted by atomic mass is 16.5. The second-order valence-electron chi connectivity index (χ2n) is 6.40. The third-order valence-corrected chi connectivity index (χ3v) is 4.31. The summed E-state index contributed by atoms with van der Waals surface area (Å²) in [5.41, 5.74) is 1.41. The molecule has 22 heavy (non-hydrogen) atoms. The van der Waals surface area contributed by atoms with E-state index in [2.05, 4.69) is 28.7 Å². The van der Waals surface area contributed by atoms with Crippen LogP contribution in [-0.2, 0) is 5.21 Å². The molecular formula is C19H21N2O. The molecule has 0 fully saturated rings. The van der Waals surface area contributed by atoms with E-state index in [4.69, 9.17) is 0 Å². The van der Waals surface area contributed by atoms with E-state index in [-0.39, 0.29) is 0 Å². The molecule has 0 unspecified atom stereocenters. The Hall–Kier alpha value is -2.23. The van der Waals surface area contributed by atoms with Crippen molar-refractivity contribution >= 4 is 5.84 Å². The zero-order chi connectivity index (χ0) is 16.5. The molecule has 0 amide bonds. The topological polar surface area (TPSA) is 35.5 Å². The molecule has 1 aromatic carbocycles. The van der Waals surface area contributed by atoms with Gasteiger partial charge in [0.1, 0.15) is 0 Å². The minimum absolute atomic E-state index is 0.451. The zero-order valence-electron chi connectivity index (χ0n) is 14.0. The summed E-state index contributed by atoms with van der Waals surface area (Å²) in [5.74, 6) is 12.3. The highest BCUT2D eigenvalue weighted by molar-refractivity contribution is 6.00. The van der Waals surface area contributed by atoms with Gasteiger partial charge in [-0.05, 0) is 59.7 Å². The third-order valence-electron chi connectivity index (χ3n) is 4.31. The minimum Gasteiger partial charge on any atom is -0.257 e. The van der Waals surface area contributed by atoms with Crippen LogP contribution >= 0.6 is 0 Å². The highest BCUT2D eigenvalue weighted by Gasteiger charge is 2.50. The summed E-state index contributed by atoms with van der Waals surface area (Å²) >= 11 is 0. The Bertz CT molecular complexity index is 711. The van der Waals surface area contributed by atoms with E-state index in [9.17, 15) is 5.21 Å². The Kier molecular flexibility index (Phi) is 4.05. The average molecular weight is 293 g/mol. The molecule has 0 saturated heterocycles. The van der Waals surface area contributed by atoms with E-state index in [1.807, 2.05) is 45.9 Å². The van der Waals surface area contributed by atoms with Crippen LogP contribution in [0.2, 0.25) is 0 Å². The van der Waals surface area contributed by atoms with Crippen molar-refractivity contribution in [2.45, 2.75) is 52.6 Å². The lowest BCUT2D eigenvalue weighted by atomic mass is 9.84. The zero-order valence-corrected chi connectivity index (χ0v) is 14.0. The summed E-state index contributed by atoms with van der Waals surface area (Å²) in [6.07, 6.45) is 0. The molecule has 1 heterocycles. The van der Waals surface area contributed by atoms with Gasteiger partial charge in [0, 0.05) is 16.7 Å². The van der Waals surface area contributed by atoms with Crippen LogP contribution in [-0.4, -0.2) is 22.0 Å². The summed E-state index contributed by atoms with van der Waals surface area (Å²) in [7, 11) is 0. The summed E-state index contributed by atoms with van der Waals surface area (Å²) < 4.78 is 0. The fourth-order valence-electron chi connectivity index (χ4n) is 2.33. The molecule has 2 rings (SSSR count). The van der Waals surface area contributed by atoms with Crippen molar-refractivity contribution in [3.05, 3.63) is 34.9 Å². The van der Waals surface area contributed by atoms with Crippen molar-refractivity contribution in [3.8, 4) is 23.7 Å². The van der Waals surface area contributed by atoms with Gasteiger partial charge in [-0.3, -0.25) is 4.99 Å². The van der Waals surface area contributed by atoms with Crippen molar-refractivity contribution in [3.63, 3.8) is 0 Å². The van der Waals surface area contributed by atoms with Gasteiger partial charge >= 0.3 is 0 Å². The maximum atomic E-state index is 12.7. The lowest BCUT2D eigenvalue weighted by Gasteiger charge is -2.35. The molecule has 0 aliphatic carbocycles. The number of rotatable bonds is 1. The molecule has 1 aliphatic heterocycles. The number of hydrogen-bond donors (Lipinski definition) is 0. The first-order chi connectivity index (χ1) is 10.2. The van der Waals surface area contributed by atoms with Crippen molar-refractivity contribution in [2.75, 3.05) is 0 Å².